The van der Waals surface area contributed by atoms with Crippen molar-refractivity contribution in [1.82, 2.24) is 15.1 Å². The predicted octanol–water partition coefficient (Wildman–Crippen LogP) is 2.11. The summed E-state index contributed by atoms with van der Waals surface area (Å²) in [6.45, 7) is 0. The highest BCUT2D eigenvalue weighted by Crippen LogP contribution is 2.34. The Morgan fingerprint density at radius 2 is 2.18 bits per heavy atom. The average molecular weight is 229 g/mol. The molecule has 90 valence electrons. The molecule has 1 fully saturated rings. The van der Waals surface area contributed by atoms with Gasteiger partial charge in [-0.25, -0.2) is 0 Å². The molecular weight excluding hydrogens is 210 g/mol. The molecule has 1 aromatic heterocycles. The van der Waals surface area contributed by atoms with Crippen LogP contribution in [-0.2, 0) is 13.5 Å². The molecule has 3 nitrogen and oxygen atoms in total. The number of hydrogen-bond acceptors (Lipinski definition) is 2. The van der Waals surface area contributed by atoms with Crippen LogP contribution in [0.5, 0.6) is 0 Å². The largest absolute Gasteiger partial charge is 0.316 e. The Morgan fingerprint density at radius 3 is 2.88 bits per heavy atom. The highest BCUT2D eigenvalue weighted by Gasteiger charge is 2.31. The van der Waals surface area contributed by atoms with Crippen molar-refractivity contribution in [2.45, 2.75) is 25.3 Å². The van der Waals surface area contributed by atoms with E-state index < -0.39 is 0 Å². The van der Waals surface area contributed by atoms with Crippen molar-refractivity contribution >= 4 is 10.9 Å². The van der Waals surface area contributed by atoms with E-state index in [-0.39, 0.29) is 0 Å². The summed E-state index contributed by atoms with van der Waals surface area (Å²) >= 11 is 0. The minimum atomic E-state index is 0.591. The highest BCUT2D eigenvalue weighted by atomic mass is 15.3. The molecule has 1 N–H and O–H groups in total. The first-order valence-electron chi connectivity index (χ1n) is 6.37. The molecule has 0 spiro atoms. The fraction of sp³-hybridized carbons (Fsp3) is 0.500. The Balaban J connectivity index is 1.94. The molecule has 0 aliphatic heterocycles. The molecular formula is C14H19N3. The Hall–Kier alpha value is -1.35. The summed E-state index contributed by atoms with van der Waals surface area (Å²) in [7, 11) is 4.09. The van der Waals surface area contributed by atoms with Gasteiger partial charge < -0.3 is 5.32 Å². The van der Waals surface area contributed by atoms with Gasteiger partial charge in [0.2, 0.25) is 0 Å². The Bertz CT molecular complexity index is 525. The Kier molecular flexibility index (Phi) is 2.63. The van der Waals surface area contributed by atoms with Gasteiger partial charge in [0.05, 0.1) is 11.2 Å². The number of aryl methyl sites for hydroxylation is 1. The fourth-order valence-electron chi connectivity index (χ4n) is 2.65. The molecule has 0 radical (unpaired) electrons. The van der Waals surface area contributed by atoms with E-state index >= 15 is 0 Å². The van der Waals surface area contributed by atoms with Gasteiger partial charge in [0.15, 0.2) is 0 Å². The van der Waals surface area contributed by atoms with Gasteiger partial charge in [-0.3, -0.25) is 4.68 Å². The first-order chi connectivity index (χ1) is 8.29. The van der Waals surface area contributed by atoms with Crippen LogP contribution >= 0.6 is 0 Å². The van der Waals surface area contributed by atoms with Gasteiger partial charge in [-0.1, -0.05) is 18.2 Å². The Morgan fingerprint density at radius 1 is 1.41 bits per heavy atom. The van der Waals surface area contributed by atoms with Crippen LogP contribution in [0.1, 0.15) is 18.5 Å². The van der Waals surface area contributed by atoms with Crippen molar-refractivity contribution < 1.29 is 0 Å². The van der Waals surface area contributed by atoms with E-state index in [1.807, 2.05) is 11.7 Å². The van der Waals surface area contributed by atoms with Crippen LogP contribution in [0.2, 0.25) is 0 Å². The van der Waals surface area contributed by atoms with Gasteiger partial charge in [-0.05, 0) is 31.9 Å². The third-order valence-electron chi connectivity index (χ3n) is 3.81. The van der Waals surface area contributed by atoms with Crippen LogP contribution < -0.4 is 5.32 Å². The topological polar surface area (TPSA) is 29.9 Å². The van der Waals surface area contributed by atoms with E-state index in [4.69, 9.17) is 0 Å². The summed E-state index contributed by atoms with van der Waals surface area (Å²) in [4.78, 5) is 0. The van der Waals surface area contributed by atoms with Crippen LogP contribution in [0.4, 0.5) is 0 Å². The molecule has 1 atom stereocenters. The molecule has 0 amide bonds. The number of aromatic nitrogens is 2. The SMILES string of the molecule is CNC(Cc1nn(C)c2ccccc12)C1CC1. The van der Waals surface area contributed by atoms with E-state index in [1.54, 1.807) is 0 Å². The highest BCUT2D eigenvalue weighted by molar-refractivity contribution is 5.81. The zero-order chi connectivity index (χ0) is 11.8. The van der Waals surface area contributed by atoms with Crippen molar-refractivity contribution in [2.75, 3.05) is 7.05 Å². The van der Waals surface area contributed by atoms with E-state index in [2.05, 4.69) is 41.7 Å². The van der Waals surface area contributed by atoms with Crippen LogP contribution in [0.15, 0.2) is 24.3 Å². The summed E-state index contributed by atoms with van der Waals surface area (Å²) in [5.41, 5.74) is 2.46. The molecule has 1 saturated carbocycles. The molecule has 2 aromatic rings. The van der Waals surface area contributed by atoms with Gasteiger partial charge in [0.1, 0.15) is 0 Å². The van der Waals surface area contributed by atoms with Crippen molar-refractivity contribution in [3.63, 3.8) is 0 Å². The van der Waals surface area contributed by atoms with Crippen LogP contribution in [-0.4, -0.2) is 22.9 Å². The van der Waals surface area contributed by atoms with E-state index in [1.165, 1.54) is 29.4 Å². The third-order valence-corrected chi connectivity index (χ3v) is 3.81. The van der Waals surface area contributed by atoms with Gasteiger partial charge in [-0.2, -0.15) is 5.10 Å². The molecule has 1 aliphatic rings. The zero-order valence-corrected chi connectivity index (χ0v) is 10.5. The second-order valence-corrected chi connectivity index (χ2v) is 5.02. The van der Waals surface area contributed by atoms with Crippen molar-refractivity contribution in [3.8, 4) is 0 Å². The number of likely N-dealkylation sites (N-methyl/N-ethyl adjacent to an activating group) is 1. The van der Waals surface area contributed by atoms with E-state index in [0.717, 1.165) is 12.3 Å². The number of nitrogens with zero attached hydrogens (tertiary/aromatic N) is 2. The zero-order valence-electron chi connectivity index (χ0n) is 10.5. The molecule has 1 aromatic carbocycles. The minimum Gasteiger partial charge on any atom is -0.316 e. The monoisotopic (exact) mass is 229 g/mol. The van der Waals surface area contributed by atoms with Gasteiger partial charge >= 0.3 is 0 Å². The Labute approximate surface area is 102 Å². The summed E-state index contributed by atoms with van der Waals surface area (Å²) in [6.07, 6.45) is 3.79. The maximum atomic E-state index is 4.66. The summed E-state index contributed by atoms with van der Waals surface area (Å²) in [6, 6.07) is 9.08. The predicted molar refractivity (Wildman–Crippen MR) is 70.0 cm³/mol. The number of nitrogens with one attached hydrogen (secondary N) is 1. The maximum Gasteiger partial charge on any atom is 0.0718 e. The number of benzene rings is 1. The minimum absolute atomic E-state index is 0.591. The van der Waals surface area contributed by atoms with Crippen LogP contribution in [0, 0.1) is 5.92 Å². The molecule has 1 aliphatic carbocycles. The van der Waals surface area contributed by atoms with Gasteiger partial charge in [0, 0.05) is 24.9 Å². The molecule has 3 heteroatoms. The summed E-state index contributed by atoms with van der Waals surface area (Å²) in [5, 5.41) is 9.40. The lowest BCUT2D eigenvalue weighted by Crippen LogP contribution is -2.29. The maximum absolute atomic E-state index is 4.66. The quantitative estimate of drug-likeness (QED) is 0.870. The van der Waals surface area contributed by atoms with Gasteiger partial charge in [0.25, 0.3) is 0 Å². The second kappa shape index (κ2) is 4.15. The summed E-state index contributed by atoms with van der Waals surface area (Å²) < 4.78 is 1.99. The fourth-order valence-corrected chi connectivity index (χ4v) is 2.65. The molecule has 1 heterocycles. The first-order valence-corrected chi connectivity index (χ1v) is 6.37. The smallest absolute Gasteiger partial charge is 0.0718 e. The average Bonchev–Trinajstić information content (AvgIpc) is 3.14. The first kappa shape index (κ1) is 10.8. The van der Waals surface area contributed by atoms with Gasteiger partial charge in [-0.15, -0.1) is 0 Å². The lowest BCUT2D eigenvalue weighted by molar-refractivity contribution is 0.494. The number of rotatable bonds is 4. The van der Waals surface area contributed by atoms with Crippen LogP contribution in [0.3, 0.4) is 0 Å². The molecule has 0 bridgehead atoms. The van der Waals surface area contributed by atoms with E-state index in [9.17, 15) is 0 Å². The molecule has 3 rings (SSSR count). The van der Waals surface area contributed by atoms with Crippen molar-refractivity contribution in [2.24, 2.45) is 13.0 Å². The molecule has 1 unspecified atom stereocenters. The number of para-hydroxylation sites is 1. The lowest BCUT2D eigenvalue weighted by Gasteiger charge is -2.13. The molecule has 17 heavy (non-hydrogen) atoms. The standard InChI is InChI=1S/C14H19N3/c1-15-12(10-7-8-10)9-13-11-5-3-4-6-14(11)17(2)16-13/h3-6,10,12,15H,7-9H2,1-2H3. The third kappa shape index (κ3) is 1.95. The normalized spacial score (nSPS) is 17.5. The van der Waals surface area contributed by atoms with Crippen molar-refractivity contribution in [3.05, 3.63) is 30.0 Å². The summed E-state index contributed by atoms with van der Waals surface area (Å²) in [5.74, 6) is 0.862. The lowest BCUT2D eigenvalue weighted by atomic mass is 10.0. The van der Waals surface area contributed by atoms with Crippen LogP contribution in [0.25, 0.3) is 10.9 Å². The van der Waals surface area contributed by atoms with Crippen molar-refractivity contribution in [1.29, 1.82) is 0 Å². The number of fused-ring (bicyclic) bond motifs is 1. The number of hydrogen-bond donors (Lipinski definition) is 1. The second-order valence-electron chi connectivity index (χ2n) is 5.02. The van der Waals surface area contributed by atoms with E-state index in [0.29, 0.717) is 6.04 Å². The molecule has 0 saturated heterocycles.